The fourth-order valence-electron chi connectivity index (χ4n) is 3.31. The van der Waals surface area contributed by atoms with Gasteiger partial charge in [-0.25, -0.2) is 4.98 Å². The van der Waals surface area contributed by atoms with Crippen molar-refractivity contribution in [3.8, 4) is 0 Å². The Morgan fingerprint density at radius 3 is 2.52 bits per heavy atom. The normalized spacial score (nSPS) is 14.3. The smallest absolute Gasteiger partial charge is 0.269 e. The number of pyridine rings is 1. The molecule has 9 heteroatoms. The lowest BCUT2D eigenvalue weighted by Crippen LogP contribution is -2.44. The molecule has 0 bridgehead atoms. The summed E-state index contributed by atoms with van der Waals surface area (Å²) in [5, 5.41) is 12.2. The monoisotopic (exact) mass is 419 g/mol. The van der Waals surface area contributed by atoms with Gasteiger partial charge in [0.25, 0.3) is 11.8 Å². The van der Waals surface area contributed by atoms with Crippen LogP contribution in [0.5, 0.6) is 0 Å². The Balaban J connectivity index is 1.31. The molecule has 0 unspecified atom stereocenters. The molecule has 31 heavy (non-hydrogen) atoms. The first-order valence-corrected chi connectivity index (χ1v) is 10.2. The third-order valence-corrected chi connectivity index (χ3v) is 5.20. The Morgan fingerprint density at radius 2 is 1.81 bits per heavy atom. The van der Waals surface area contributed by atoms with Gasteiger partial charge in [0.2, 0.25) is 0 Å². The summed E-state index contributed by atoms with van der Waals surface area (Å²) in [5.41, 5.74) is 1.70. The SMILES string of the molecule is CN1CCN(c2ccc(C(=O)Nc3cc(C(=O)NCc4ccccc4)[nH]n3)cn2)CC1. The summed E-state index contributed by atoms with van der Waals surface area (Å²) in [7, 11) is 2.10. The van der Waals surface area contributed by atoms with Crippen molar-refractivity contribution < 1.29 is 9.59 Å². The average Bonchev–Trinajstić information content (AvgIpc) is 3.27. The van der Waals surface area contributed by atoms with Crippen molar-refractivity contribution in [3.63, 3.8) is 0 Å². The highest BCUT2D eigenvalue weighted by atomic mass is 16.2. The number of carbonyl (C=O) groups excluding carboxylic acids is 2. The minimum atomic E-state index is -0.333. The predicted molar refractivity (Wildman–Crippen MR) is 118 cm³/mol. The summed E-state index contributed by atoms with van der Waals surface area (Å²) < 4.78 is 0. The maximum absolute atomic E-state index is 12.5. The van der Waals surface area contributed by atoms with Crippen molar-refractivity contribution >= 4 is 23.5 Å². The summed E-state index contributed by atoms with van der Waals surface area (Å²) >= 11 is 0. The number of nitrogens with one attached hydrogen (secondary N) is 3. The van der Waals surface area contributed by atoms with Crippen LogP contribution in [-0.4, -0.2) is 65.1 Å². The second-order valence-electron chi connectivity index (χ2n) is 7.48. The molecule has 1 saturated heterocycles. The van der Waals surface area contributed by atoms with Crippen LogP contribution in [0, 0.1) is 0 Å². The van der Waals surface area contributed by atoms with E-state index in [1.54, 1.807) is 12.3 Å². The van der Waals surface area contributed by atoms with Crippen molar-refractivity contribution in [1.29, 1.82) is 0 Å². The van der Waals surface area contributed by atoms with Crippen LogP contribution in [0.3, 0.4) is 0 Å². The van der Waals surface area contributed by atoms with Crippen LogP contribution in [-0.2, 0) is 6.54 Å². The average molecular weight is 419 g/mol. The summed E-state index contributed by atoms with van der Waals surface area (Å²) in [6.45, 7) is 4.22. The number of carbonyl (C=O) groups is 2. The lowest BCUT2D eigenvalue weighted by Gasteiger charge is -2.33. The lowest BCUT2D eigenvalue weighted by atomic mass is 10.2. The van der Waals surface area contributed by atoms with E-state index in [1.807, 2.05) is 36.4 Å². The number of amides is 2. The third-order valence-electron chi connectivity index (χ3n) is 5.20. The second-order valence-corrected chi connectivity index (χ2v) is 7.48. The zero-order valence-electron chi connectivity index (χ0n) is 17.3. The molecule has 0 atom stereocenters. The summed E-state index contributed by atoms with van der Waals surface area (Å²) in [5.74, 6) is 0.509. The maximum atomic E-state index is 12.5. The standard InChI is InChI=1S/C22H25N7O2/c1-28-9-11-29(12-10-28)20-8-7-17(15-23-20)21(30)25-19-13-18(26-27-19)22(31)24-14-16-5-3-2-4-6-16/h2-8,13,15H,9-12,14H2,1H3,(H,24,31)(H2,25,26,27,30). The maximum Gasteiger partial charge on any atom is 0.269 e. The molecule has 3 heterocycles. The van der Waals surface area contributed by atoms with Crippen LogP contribution < -0.4 is 15.5 Å². The highest BCUT2D eigenvalue weighted by Gasteiger charge is 2.17. The van der Waals surface area contributed by atoms with Gasteiger partial charge in [-0.2, -0.15) is 5.10 Å². The molecule has 0 aliphatic carbocycles. The second kappa shape index (κ2) is 9.40. The van der Waals surface area contributed by atoms with E-state index in [0.717, 1.165) is 37.6 Å². The van der Waals surface area contributed by atoms with Gasteiger partial charge in [-0.3, -0.25) is 14.7 Å². The fourth-order valence-corrected chi connectivity index (χ4v) is 3.31. The van der Waals surface area contributed by atoms with Crippen molar-refractivity contribution in [2.75, 3.05) is 43.4 Å². The van der Waals surface area contributed by atoms with Crippen LogP contribution in [0.25, 0.3) is 0 Å². The molecule has 4 rings (SSSR count). The molecule has 0 saturated carbocycles. The number of anilines is 2. The zero-order valence-corrected chi connectivity index (χ0v) is 17.3. The molecule has 3 N–H and O–H groups in total. The number of H-pyrrole nitrogens is 1. The van der Waals surface area contributed by atoms with Gasteiger partial charge >= 0.3 is 0 Å². The van der Waals surface area contributed by atoms with E-state index in [2.05, 4.69) is 42.7 Å². The Hall–Kier alpha value is -3.72. The lowest BCUT2D eigenvalue weighted by molar-refractivity contribution is 0.0945. The summed E-state index contributed by atoms with van der Waals surface area (Å²) in [6.07, 6.45) is 1.56. The summed E-state index contributed by atoms with van der Waals surface area (Å²) in [4.78, 5) is 33.7. The van der Waals surface area contributed by atoms with Crippen LogP contribution in [0.4, 0.5) is 11.6 Å². The van der Waals surface area contributed by atoms with Crippen LogP contribution in [0.15, 0.2) is 54.7 Å². The zero-order chi connectivity index (χ0) is 21.6. The molecule has 3 aromatic rings. The van der Waals surface area contributed by atoms with Crippen LogP contribution in [0.2, 0.25) is 0 Å². The Bertz CT molecular complexity index is 1030. The van der Waals surface area contributed by atoms with E-state index < -0.39 is 0 Å². The number of nitrogens with zero attached hydrogens (tertiary/aromatic N) is 4. The molecule has 9 nitrogen and oxygen atoms in total. The van der Waals surface area contributed by atoms with Crippen LogP contribution in [0.1, 0.15) is 26.4 Å². The number of piperazine rings is 1. The minimum Gasteiger partial charge on any atom is -0.354 e. The number of aromatic amines is 1. The molecule has 2 amide bonds. The number of hydrogen-bond donors (Lipinski definition) is 3. The summed E-state index contributed by atoms with van der Waals surface area (Å²) in [6, 6.07) is 14.7. The number of aromatic nitrogens is 3. The molecule has 1 fully saturated rings. The molecule has 1 aliphatic rings. The first kappa shape index (κ1) is 20.5. The van der Waals surface area contributed by atoms with Gasteiger partial charge < -0.3 is 20.4 Å². The molecular weight excluding hydrogens is 394 g/mol. The predicted octanol–water partition coefficient (Wildman–Crippen LogP) is 1.74. The molecule has 2 aromatic heterocycles. The van der Waals surface area contributed by atoms with Gasteiger partial charge in [0.15, 0.2) is 5.82 Å². The third kappa shape index (κ3) is 5.26. The molecule has 0 spiro atoms. The molecule has 1 aromatic carbocycles. The highest BCUT2D eigenvalue weighted by Crippen LogP contribution is 2.15. The Morgan fingerprint density at radius 1 is 1.03 bits per heavy atom. The molecule has 0 radical (unpaired) electrons. The van der Waals surface area contributed by atoms with E-state index in [4.69, 9.17) is 0 Å². The van der Waals surface area contributed by atoms with Gasteiger partial charge in [0.05, 0.1) is 5.56 Å². The van der Waals surface area contributed by atoms with E-state index in [0.29, 0.717) is 12.1 Å². The van der Waals surface area contributed by atoms with Crippen molar-refractivity contribution in [2.24, 2.45) is 0 Å². The number of benzene rings is 1. The van der Waals surface area contributed by atoms with Gasteiger partial charge in [0, 0.05) is 45.0 Å². The number of likely N-dealkylation sites (N-methyl/N-ethyl adjacent to an activating group) is 1. The van der Waals surface area contributed by atoms with Gasteiger partial charge in [-0.1, -0.05) is 30.3 Å². The molecule has 160 valence electrons. The number of rotatable bonds is 6. The Kier molecular flexibility index (Phi) is 6.23. The molecule has 1 aliphatic heterocycles. The topological polar surface area (TPSA) is 106 Å². The van der Waals surface area contributed by atoms with Gasteiger partial charge in [-0.15, -0.1) is 0 Å². The van der Waals surface area contributed by atoms with E-state index in [9.17, 15) is 9.59 Å². The first-order valence-electron chi connectivity index (χ1n) is 10.2. The van der Waals surface area contributed by atoms with Crippen molar-refractivity contribution in [2.45, 2.75) is 6.54 Å². The van der Waals surface area contributed by atoms with E-state index >= 15 is 0 Å². The van der Waals surface area contributed by atoms with E-state index in [1.165, 1.54) is 6.07 Å². The molecular formula is C22H25N7O2. The fraction of sp³-hybridized carbons (Fsp3) is 0.273. The van der Waals surface area contributed by atoms with Gasteiger partial charge in [0.1, 0.15) is 11.5 Å². The quantitative estimate of drug-likeness (QED) is 0.562. The Labute approximate surface area is 180 Å². The largest absolute Gasteiger partial charge is 0.354 e. The highest BCUT2D eigenvalue weighted by molar-refractivity contribution is 6.04. The number of hydrogen-bond acceptors (Lipinski definition) is 6. The van der Waals surface area contributed by atoms with Crippen molar-refractivity contribution in [3.05, 3.63) is 71.5 Å². The van der Waals surface area contributed by atoms with Crippen LogP contribution >= 0.6 is 0 Å². The van der Waals surface area contributed by atoms with Gasteiger partial charge in [-0.05, 0) is 24.7 Å². The first-order chi connectivity index (χ1) is 15.1. The van der Waals surface area contributed by atoms with Crippen molar-refractivity contribution in [1.82, 2.24) is 25.4 Å². The minimum absolute atomic E-state index is 0.273. The van der Waals surface area contributed by atoms with E-state index in [-0.39, 0.29) is 23.3 Å².